The SMILES string of the molecule is CCCCOc1cc(Sc2ccc(C(C)(C)CC(C)(C)C)cc2)c(OCCCC)cc1C. The van der Waals surface area contributed by atoms with E-state index in [1.807, 2.05) is 0 Å². The maximum atomic E-state index is 6.17. The molecule has 2 aromatic rings. The summed E-state index contributed by atoms with van der Waals surface area (Å²) >= 11 is 1.76. The molecule has 0 aliphatic rings. The minimum atomic E-state index is 0.153. The van der Waals surface area contributed by atoms with E-state index in [4.69, 9.17) is 9.47 Å². The minimum absolute atomic E-state index is 0.153. The molecule has 2 aromatic carbocycles. The fraction of sp³-hybridized carbons (Fsp3) is 0.586. The van der Waals surface area contributed by atoms with Crippen molar-refractivity contribution in [3.05, 3.63) is 47.5 Å². The molecule has 0 bridgehead atoms. The van der Waals surface area contributed by atoms with Crippen molar-refractivity contribution >= 4 is 11.8 Å². The molecule has 0 aliphatic heterocycles. The number of ether oxygens (including phenoxy) is 2. The van der Waals surface area contributed by atoms with Gasteiger partial charge in [-0.1, -0.05) is 85.2 Å². The van der Waals surface area contributed by atoms with Crippen LogP contribution in [-0.2, 0) is 5.41 Å². The molecule has 32 heavy (non-hydrogen) atoms. The summed E-state index contributed by atoms with van der Waals surface area (Å²) in [7, 11) is 0. The van der Waals surface area contributed by atoms with E-state index in [1.165, 1.54) is 10.5 Å². The van der Waals surface area contributed by atoms with Crippen LogP contribution in [0.25, 0.3) is 0 Å². The Bertz CT molecular complexity index is 831. The van der Waals surface area contributed by atoms with Crippen LogP contribution in [0.15, 0.2) is 46.2 Å². The van der Waals surface area contributed by atoms with Gasteiger partial charge in [-0.2, -0.15) is 0 Å². The summed E-state index contributed by atoms with van der Waals surface area (Å²) in [5.74, 6) is 1.92. The smallest absolute Gasteiger partial charge is 0.133 e. The molecule has 3 heteroatoms. The van der Waals surface area contributed by atoms with Crippen LogP contribution in [0.2, 0.25) is 0 Å². The normalized spacial score (nSPS) is 12.1. The van der Waals surface area contributed by atoms with Gasteiger partial charge >= 0.3 is 0 Å². The highest BCUT2D eigenvalue weighted by Crippen LogP contribution is 2.41. The molecule has 2 rings (SSSR count). The number of rotatable bonds is 12. The summed E-state index contributed by atoms with van der Waals surface area (Å²) in [5, 5.41) is 0. The van der Waals surface area contributed by atoms with Crippen molar-refractivity contribution in [3.8, 4) is 11.5 Å². The van der Waals surface area contributed by atoms with Gasteiger partial charge in [-0.3, -0.25) is 0 Å². The molecule has 178 valence electrons. The average Bonchev–Trinajstić information content (AvgIpc) is 2.70. The lowest BCUT2D eigenvalue weighted by atomic mass is 9.72. The summed E-state index contributed by atoms with van der Waals surface area (Å²) in [4.78, 5) is 2.35. The molecule has 2 nitrogen and oxygen atoms in total. The van der Waals surface area contributed by atoms with Crippen molar-refractivity contribution in [2.75, 3.05) is 13.2 Å². The third-order valence-electron chi connectivity index (χ3n) is 5.59. The van der Waals surface area contributed by atoms with Gasteiger partial charge in [0.1, 0.15) is 11.5 Å². The molecular weight excluding hydrogens is 412 g/mol. The first-order valence-corrected chi connectivity index (χ1v) is 13.1. The van der Waals surface area contributed by atoms with Crippen molar-refractivity contribution in [3.63, 3.8) is 0 Å². The van der Waals surface area contributed by atoms with Crippen molar-refractivity contribution in [2.45, 2.75) is 103 Å². The van der Waals surface area contributed by atoms with Crippen LogP contribution in [-0.4, -0.2) is 13.2 Å². The van der Waals surface area contributed by atoms with Crippen LogP contribution >= 0.6 is 11.8 Å². The van der Waals surface area contributed by atoms with E-state index >= 15 is 0 Å². The lowest BCUT2D eigenvalue weighted by molar-refractivity contribution is 0.284. The Labute approximate surface area is 201 Å². The number of hydrogen-bond acceptors (Lipinski definition) is 3. The second kappa shape index (κ2) is 12.0. The zero-order valence-electron chi connectivity index (χ0n) is 21.6. The Balaban J connectivity index is 2.25. The molecule has 0 atom stereocenters. The maximum absolute atomic E-state index is 6.17. The topological polar surface area (TPSA) is 18.5 Å². The molecule has 0 fully saturated rings. The third-order valence-corrected chi connectivity index (χ3v) is 6.63. The van der Waals surface area contributed by atoms with Gasteiger partial charge in [0.25, 0.3) is 0 Å². The van der Waals surface area contributed by atoms with Crippen LogP contribution in [0.5, 0.6) is 11.5 Å². The first-order chi connectivity index (χ1) is 15.1. The molecule has 0 aromatic heterocycles. The molecule has 0 aliphatic carbocycles. The van der Waals surface area contributed by atoms with E-state index in [9.17, 15) is 0 Å². The van der Waals surface area contributed by atoms with Crippen molar-refractivity contribution in [1.29, 1.82) is 0 Å². The van der Waals surface area contributed by atoms with Crippen LogP contribution in [0, 0.1) is 12.3 Å². The summed E-state index contributed by atoms with van der Waals surface area (Å²) in [6.07, 6.45) is 5.55. The van der Waals surface area contributed by atoms with Crippen LogP contribution < -0.4 is 9.47 Å². The van der Waals surface area contributed by atoms with Crippen LogP contribution in [0.3, 0.4) is 0 Å². The molecule has 0 N–H and O–H groups in total. The third kappa shape index (κ3) is 8.39. The zero-order valence-corrected chi connectivity index (χ0v) is 22.5. The summed E-state index contributed by atoms with van der Waals surface area (Å²) in [6, 6.07) is 13.4. The van der Waals surface area contributed by atoms with Gasteiger partial charge in [0.2, 0.25) is 0 Å². The van der Waals surface area contributed by atoms with Gasteiger partial charge in [0.05, 0.1) is 18.1 Å². The Morgan fingerprint density at radius 2 is 1.34 bits per heavy atom. The van der Waals surface area contributed by atoms with Gasteiger partial charge < -0.3 is 9.47 Å². The zero-order chi connectivity index (χ0) is 23.8. The van der Waals surface area contributed by atoms with Gasteiger partial charge in [0.15, 0.2) is 0 Å². The van der Waals surface area contributed by atoms with Gasteiger partial charge in [-0.05, 0) is 72.4 Å². The quantitative estimate of drug-likeness (QED) is 0.296. The molecule has 0 radical (unpaired) electrons. The summed E-state index contributed by atoms with van der Waals surface area (Å²) in [5.41, 5.74) is 2.98. The Morgan fingerprint density at radius 3 is 1.88 bits per heavy atom. The number of unbranched alkanes of at least 4 members (excludes halogenated alkanes) is 2. The fourth-order valence-corrected chi connectivity index (χ4v) is 5.08. The van der Waals surface area contributed by atoms with E-state index < -0.39 is 0 Å². The highest BCUT2D eigenvalue weighted by molar-refractivity contribution is 7.99. The molecule has 0 unspecified atom stereocenters. The average molecular weight is 457 g/mol. The lowest BCUT2D eigenvalue weighted by Crippen LogP contribution is -2.24. The second-order valence-electron chi connectivity index (χ2n) is 10.7. The van der Waals surface area contributed by atoms with Crippen molar-refractivity contribution < 1.29 is 9.47 Å². The summed E-state index contributed by atoms with van der Waals surface area (Å²) < 4.78 is 12.2. The Morgan fingerprint density at radius 1 is 0.781 bits per heavy atom. The van der Waals surface area contributed by atoms with Crippen LogP contribution in [0.4, 0.5) is 0 Å². The lowest BCUT2D eigenvalue weighted by Gasteiger charge is -2.33. The van der Waals surface area contributed by atoms with E-state index in [0.717, 1.165) is 67.3 Å². The standard InChI is InChI=1S/C29H44O2S/c1-9-11-17-30-25-20-27(26(19-22(25)3)31-18-12-10-2)32-24-15-13-23(14-16-24)29(7,8)21-28(4,5)6/h13-16,19-20H,9-12,17-18,21H2,1-8H3. The van der Waals surface area contributed by atoms with E-state index in [0.29, 0.717) is 5.41 Å². The maximum Gasteiger partial charge on any atom is 0.133 e. The number of benzene rings is 2. The monoisotopic (exact) mass is 456 g/mol. The van der Waals surface area contributed by atoms with Gasteiger partial charge in [-0.25, -0.2) is 0 Å². The first kappa shape index (κ1) is 26.6. The Hall–Kier alpha value is -1.61. The molecule has 0 amide bonds. The molecular formula is C29H44O2S. The van der Waals surface area contributed by atoms with Gasteiger partial charge in [0, 0.05) is 4.90 Å². The van der Waals surface area contributed by atoms with E-state index in [1.54, 1.807) is 11.8 Å². The highest BCUT2D eigenvalue weighted by Gasteiger charge is 2.27. The second-order valence-corrected chi connectivity index (χ2v) is 11.8. The fourth-order valence-electron chi connectivity index (χ4n) is 4.17. The predicted molar refractivity (Wildman–Crippen MR) is 140 cm³/mol. The van der Waals surface area contributed by atoms with Crippen molar-refractivity contribution in [1.82, 2.24) is 0 Å². The van der Waals surface area contributed by atoms with Crippen molar-refractivity contribution in [2.24, 2.45) is 5.41 Å². The highest BCUT2D eigenvalue weighted by atomic mass is 32.2. The molecule has 0 spiro atoms. The first-order valence-electron chi connectivity index (χ1n) is 12.2. The summed E-state index contributed by atoms with van der Waals surface area (Å²) in [6.45, 7) is 19.6. The van der Waals surface area contributed by atoms with Gasteiger partial charge in [-0.15, -0.1) is 0 Å². The van der Waals surface area contributed by atoms with Crippen LogP contribution in [0.1, 0.15) is 91.7 Å². The number of hydrogen-bond donors (Lipinski definition) is 0. The molecule has 0 saturated carbocycles. The molecule has 0 saturated heterocycles. The predicted octanol–water partition coefficient (Wildman–Crippen LogP) is 9.22. The van der Waals surface area contributed by atoms with E-state index in [2.05, 4.69) is 91.8 Å². The van der Waals surface area contributed by atoms with E-state index in [-0.39, 0.29) is 5.41 Å². The number of aryl methyl sites for hydroxylation is 1. The molecule has 0 heterocycles. The largest absolute Gasteiger partial charge is 0.493 e. The minimum Gasteiger partial charge on any atom is -0.493 e. The Kier molecular flexibility index (Phi) is 10.0.